The van der Waals surface area contributed by atoms with E-state index in [4.69, 9.17) is 4.74 Å². The molecule has 0 N–H and O–H groups in total. The SMILES string of the molecule is CCOC(=O)[C@@H]1CN(Cc2ccccc2)CC[C@@H]1c1ccc(CC)s1. The van der Waals surface area contributed by atoms with Gasteiger partial charge in [-0.15, -0.1) is 11.3 Å². The van der Waals surface area contributed by atoms with Crippen LogP contribution in [0, 0.1) is 5.92 Å². The maximum atomic E-state index is 12.6. The van der Waals surface area contributed by atoms with Gasteiger partial charge in [0.25, 0.3) is 0 Å². The number of benzene rings is 1. The van der Waals surface area contributed by atoms with Crippen LogP contribution >= 0.6 is 11.3 Å². The van der Waals surface area contributed by atoms with E-state index >= 15 is 0 Å². The van der Waals surface area contributed by atoms with Gasteiger partial charge in [0.1, 0.15) is 0 Å². The van der Waals surface area contributed by atoms with E-state index in [0.717, 1.165) is 32.5 Å². The molecular weight excluding hydrogens is 330 g/mol. The van der Waals surface area contributed by atoms with Crippen LogP contribution in [0.3, 0.4) is 0 Å². The van der Waals surface area contributed by atoms with Gasteiger partial charge in [-0.2, -0.15) is 0 Å². The standard InChI is InChI=1S/C21H27NO2S/c1-3-17-10-11-20(25-17)18-12-13-22(14-16-8-6-5-7-9-16)15-19(18)21(23)24-4-2/h5-11,18-19H,3-4,12-15H2,1-2H3/t18-,19+/m0/s1. The van der Waals surface area contributed by atoms with E-state index in [-0.39, 0.29) is 17.8 Å². The average molecular weight is 358 g/mol. The lowest BCUT2D eigenvalue weighted by molar-refractivity contribution is -0.150. The highest BCUT2D eigenvalue weighted by Crippen LogP contribution is 2.38. The van der Waals surface area contributed by atoms with Crippen LogP contribution in [0.5, 0.6) is 0 Å². The van der Waals surface area contributed by atoms with Crippen LogP contribution in [0.15, 0.2) is 42.5 Å². The minimum Gasteiger partial charge on any atom is -0.466 e. The molecule has 2 atom stereocenters. The lowest BCUT2D eigenvalue weighted by Crippen LogP contribution is -2.43. The van der Waals surface area contributed by atoms with E-state index in [2.05, 4.69) is 48.2 Å². The number of piperidine rings is 1. The van der Waals surface area contributed by atoms with Crippen molar-refractivity contribution in [3.63, 3.8) is 0 Å². The zero-order chi connectivity index (χ0) is 17.6. The van der Waals surface area contributed by atoms with Crippen LogP contribution in [0.1, 0.15) is 41.5 Å². The topological polar surface area (TPSA) is 29.5 Å². The Kier molecular flexibility index (Phi) is 6.27. The Morgan fingerprint density at radius 2 is 2.00 bits per heavy atom. The molecule has 1 aromatic carbocycles. The van der Waals surface area contributed by atoms with Gasteiger partial charge in [-0.3, -0.25) is 9.69 Å². The molecular formula is C21H27NO2S. The van der Waals surface area contributed by atoms with Gasteiger partial charge >= 0.3 is 5.97 Å². The number of aryl methyl sites for hydroxylation is 1. The molecule has 2 aromatic rings. The van der Waals surface area contributed by atoms with E-state index in [9.17, 15) is 4.79 Å². The number of ether oxygens (including phenoxy) is 1. The van der Waals surface area contributed by atoms with Crippen molar-refractivity contribution in [1.29, 1.82) is 0 Å². The van der Waals surface area contributed by atoms with Crippen LogP contribution < -0.4 is 0 Å². The van der Waals surface area contributed by atoms with Crippen LogP contribution in [0.4, 0.5) is 0 Å². The third-order valence-corrected chi connectivity index (χ3v) is 6.29. The van der Waals surface area contributed by atoms with Crippen molar-refractivity contribution >= 4 is 17.3 Å². The maximum absolute atomic E-state index is 12.6. The molecule has 2 heterocycles. The molecule has 1 aliphatic heterocycles. The largest absolute Gasteiger partial charge is 0.466 e. The van der Waals surface area contributed by atoms with Crippen LogP contribution in [0.25, 0.3) is 0 Å². The molecule has 3 rings (SSSR count). The molecule has 25 heavy (non-hydrogen) atoms. The molecule has 3 nitrogen and oxygen atoms in total. The van der Waals surface area contributed by atoms with E-state index in [1.54, 1.807) is 0 Å². The molecule has 0 saturated carbocycles. The smallest absolute Gasteiger partial charge is 0.310 e. The third kappa shape index (κ3) is 4.50. The average Bonchev–Trinajstić information content (AvgIpc) is 3.12. The number of thiophene rings is 1. The van der Waals surface area contributed by atoms with Crippen LogP contribution in [-0.4, -0.2) is 30.6 Å². The number of likely N-dealkylation sites (tertiary alicyclic amines) is 1. The molecule has 1 fully saturated rings. The Balaban J connectivity index is 1.75. The first-order chi connectivity index (χ1) is 12.2. The van der Waals surface area contributed by atoms with Crippen molar-refractivity contribution in [2.75, 3.05) is 19.7 Å². The molecule has 1 saturated heterocycles. The fraction of sp³-hybridized carbons (Fsp3) is 0.476. The summed E-state index contributed by atoms with van der Waals surface area (Å²) in [4.78, 5) is 17.7. The van der Waals surface area contributed by atoms with Crippen molar-refractivity contribution in [3.05, 3.63) is 57.8 Å². The van der Waals surface area contributed by atoms with Crippen LogP contribution in [-0.2, 0) is 22.5 Å². The number of carbonyl (C=O) groups is 1. The highest BCUT2D eigenvalue weighted by Gasteiger charge is 2.36. The van der Waals surface area contributed by atoms with Gasteiger partial charge in [-0.25, -0.2) is 0 Å². The predicted octanol–water partition coefficient (Wildman–Crippen LogP) is 4.48. The second-order valence-electron chi connectivity index (χ2n) is 6.63. The highest BCUT2D eigenvalue weighted by atomic mass is 32.1. The molecule has 0 amide bonds. The quantitative estimate of drug-likeness (QED) is 0.714. The fourth-order valence-corrected chi connectivity index (χ4v) is 4.77. The molecule has 0 bridgehead atoms. The molecule has 1 aliphatic rings. The summed E-state index contributed by atoms with van der Waals surface area (Å²) in [5.41, 5.74) is 1.30. The Morgan fingerprint density at radius 3 is 2.68 bits per heavy atom. The second-order valence-corrected chi connectivity index (χ2v) is 7.83. The predicted molar refractivity (Wildman–Crippen MR) is 103 cm³/mol. The van der Waals surface area contributed by atoms with Gasteiger partial charge in [0.15, 0.2) is 0 Å². The lowest BCUT2D eigenvalue weighted by atomic mass is 9.84. The summed E-state index contributed by atoms with van der Waals surface area (Å²) in [6, 6.07) is 14.9. The number of nitrogens with zero attached hydrogens (tertiary/aromatic N) is 1. The Labute approximate surface area is 154 Å². The maximum Gasteiger partial charge on any atom is 0.310 e. The minimum absolute atomic E-state index is 0.0447. The summed E-state index contributed by atoms with van der Waals surface area (Å²) in [6.07, 6.45) is 2.07. The minimum atomic E-state index is -0.0687. The van der Waals surface area contributed by atoms with Gasteiger partial charge in [0.05, 0.1) is 12.5 Å². The zero-order valence-corrected chi connectivity index (χ0v) is 15.9. The molecule has 4 heteroatoms. The molecule has 0 aliphatic carbocycles. The summed E-state index contributed by atoms with van der Waals surface area (Å²) >= 11 is 1.86. The third-order valence-electron chi connectivity index (χ3n) is 4.93. The first-order valence-electron chi connectivity index (χ1n) is 9.22. The van der Waals surface area contributed by atoms with E-state index in [0.29, 0.717) is 6.61 Å². The molecule has 134 valence electrons. The summed E-state index contributed by atoms with van der Waals surface area (Å²) in [6.45, 7) is 7.21. The Morgan fingerprint density at radius 1 is 1.20 bits per heavy atom. The van der Waals surface area contributed by atoms with E-state index in [1.807, 2.05) is 24.3 Å². The highest BCUT2D eigenvalue weighted by molar-refractivity contribution is 7.12. The number of hydrogen-bond acceptors (Lipinski definition) is 4. The summed E-state index contributed by atoms with van der Waals surface area (Å²) in [5, 5.41) is 0. The van der Waals surface area contributed by atoms with Gasteiger partial charge in [0.2, 0.25) is 0 Å². The van der Waals surface area contributed by atoms with Crippen molar-refractivity contribution in [2.45, 2.75) is 39.2 Å². The fourth-order valence-electron chi connectivity index (χ4n) is 3.62. The van der Waals surface area contributed by atoms with Gasteiger partial charge in [0, 0.05) is 28.8 Å². The lowest BCUT2D eigenvalue weighted by Gasteiger charge is -2.37. The molecule has 0 radical (unpaired) electrons. The molecule has 0 unspecified atom stereocenters. The molecule has 0 spiro atoms. The molecule has 1 aromatic heterocycles. The monoisotopic (exact) mass is 357 g/mol. The van der Waals surface area contributed by atoms with Gasteiger partial charge < -0.3 is 4.74 Å². The second kappa shape index (κ2) is 8.63. The van der Waals surface area contributed by atoms with Gasteiger partial charge in [-0.1, -0.05) is 37.3 Å². The summed E-state index contributed by atoms with van der Waals surface area (Å²) in [5.74, 6) is 0.175. The van der Waals surface area contributed by atoms with Crippen molar-refractivity contribution in [2.24, 2.45) is 5.92 Å². The van der Waals surface area contributed by atoms with Crippen molar-refractivity contribution in [3.8, 4) is 0 Å². The van der Waals surface area contributed by atoms with E-state index in [1.165, 1.54) is 15.3 Å². The van der Waals surface area contributed by atoms with Crippen molar-refractivity contribution in [1.82, 2.24) is 4.90 Å². The van der Waals surface area contributed by atoms with Crippen LogP contribution in [0.2, 0.25) is 0 Å². The first-order valence-corrected chi connectivity index (χ1v) is 10.0. The summed E-state index contributed by atoms with van der Waals surface area (Å²) < 4.78 is 5.40. The number of hydrogen-bond donors (Lipinski definition) is 0. The Hall–Kier alpha value is -1.65. The first kappa shape index (κ1) is 18.2. The summed E-state index contributed by atoms with van der Waals surface area (Å²) in [7, 11) is 0. The van der Waals surface area contributed by atoms with E-state index < -0.39 is 0 Å². The number of carbonyl (C=O) groups excluding carboxylic acids is 1. The Bertz CT molecular complexity index is 682. The van der Waals surface area contributed by atoms with Crippen molar-refractivity contribution < 1.29 is 9.53 Å². The normalized spacial score (nSPS) is 21.2. The van der Waals surface area contributed by atoms with Gasteiger partial charge in [-0.05, 0) is 44.0 Å². The zero-order valence-electron chi connectivity index (χ0n) is 15.1. The number of rotatable bonds is 6. The number of esters is 1.